The van der Waals surface area contributed by atoms with E-state index in [1.165, 1.54) is 0 Å². The van der Waals surface area contributed by atoms with Gasteiger partial charge < -0.3 is 27.9 Å². The number of carbonyl (C=O) groups excluding carboxylic acids is 2. The number of esters is 2. The maximum atomic E-state index is 12.5. The molecule has 0 aliphatic heterocycles. The molecule has 248 valence electrons. The number of quaternary nitrogens is 1. The number of phosphoric ester groups is 1. The van der Waals surface area contributed by atoms with E-state index in [1.807, 2.05) is 94.1 Å². The summed E-state index contributed by atoms with van der Waals surface area (Å²) in [5, 5.41) is 0. The Balaban J connectivity index is 4.77. The molecule has 0 radical (unpaired) electrons. The normalized spacial score (nSPS) is 15.1. The van der Waals surface area contributed by atoms with Crippen LogP contribution in [0.15, 0.2) is 85.1 Å². The average molecular weight is 636 g/mol. The van der Waals surface area contributed by atoms with Crippen LogP contribution in [0.2, 0.25) is 0 Å². The van der Waals surface area contributed by atoms with Crippen molar-refractivity contribution in [1.82, 2.24) is 0 Å². The van der Waals surface area contributed by atoms with Crippen molar-refractivity contribution in [2.45, 2.75) is 71.3 Å². The summed E-state index contributed by atoms with van der Waals surface area (Å²) in [6.45, 7) is 3.69. The van der Waals surface area contributed by atoms with Gasteiger partial charge in [0.1, 0.15) is 19.8 Å². The van der Waals surface area contributed by atoms with Crippen LogP contribution in [-0.4, -0.2) is 70.0 Å². The van der Waals surface area contributed by atoms with Gasteiger partial charge in [-0.2, -0.15) is 0 Å². The number of nitrogens with zero attached hydrogens (tertiary/aromatic N) is 1. The monoisotopic (exact) mass is 635 g/mol. The summed E-state index contributed by atoms with van der Waals surface area (Å²) in [6, 6.07) is 0. The number of unbranched alkanes of at least 4 members (excludes halogenated alkanes) is 1. The number of hydrogen-bond donors (Lipinski definition) is 0. The fourth-order valence-corrected chi connectivity index (χ4v) is 3.88. The van der Waals surface area contributed by atoms with Gasteiger partial charge in [-0.25, -0.2) is 0 Å². The molecule has 9 nitrogen and oxygen atoms in total. The van der Waals surface area contributed by atoms with Gasteiger partial charge in [0.2, 0.25) is 0 Å². The van der Waals surface area contributed by atoms with Crippen LogP contribution >= 0.6 is 7.82 Å². The smallest absolute Gasteiger partial charge is 0.306 e. The summed E-state index contributed by atoms with van der Waals surface area (Å²) in [7, 11) is 1.07. The second-order valence-corrected chi connectivity index (χ2v) is 12.2. The summed E-state index contributed by atoms with van der Waals surface area (Å²) in [5.74, 6) is -1.03. The Bertz CT molecular complexity index is 1030. The van der Waals surface area contributed by atoms with Crippen LogP contribution in [0, 0.1) is 0 Å². The van der Waals surface area contributed by atoms with Crippen LogP contribution in [0.4, 0.5) is 0 Å². The zero-order valence-corrected chi connectivity index (χ0v) is 28.2. The van der Waals surface area contributed by atoms with Gasteiger partial charge in [0.25, 0.3) is 7.82 Å². The average Bonchev–Trinajstić information content (AvgIpc) is 2.95. The van der Waals surface area contributed by atoms with Crippen molar-refractivity contribution >= 4 is 19.8 Å². The minimum Gasteiger partial charge on any atom is -0.756 e. The van der Waals surface area contributed by atoms with E-state index in [9.17, 15) is 19.0 Å². The maximum Gasteiger partial charge on any atom is 0.306 e. The highest BCUT2D eigenvalue weighted by atomic mass is 31.2. The molecule has 0 rings (SSSR count). The van der Waals surface area contributed by atoms with Crippen molar-refractivity contribution in [2.24, 2.45) is 0 Å². The molecular weight excluding hydrogens is 581 g/mol. The van der Waals surface area contributed by atoms with Crippen molar-refractivity contribution in [2.75, 3.05) is 47.5 Å². The van der Waals surface area contributed by atoms with Crippen molar-refractivity contribution < 1.29 is 42.1 Å². The number of allylic oxidation sites excluding steroid dienone is 14. The van der Waals surface area contributed by atoms with E-state index in [2.05, 4.69) is 26.0 Å². The topological polar surface area (TPSA) is 111 Å². The molecule has 0 N–H and O–H groups in total. The predicted molar refractivity (Wildman–Crippen MR) is 176 cm³/mol. The molecule has 10 heteroatoms. The first kappa shape index (κ1) is 41.2. The molecule has 0 spiro atoms. The van der Waals surface area contributed by atoms with Gasteiger partial charge in [0, 0.05) is 12.8 Å². The molecule has 0 saturated carbocycles. The molecule has 0 aromatic rings. The molecular formula is C34H54NO8P. The second-order valence-electron chi connectivity index (χ2n) is 10.8. The van der Waals surface area contributed by atoms with E-state index in [4.69, 9.17) is 18.5 Å². The fourth-order valence-electron chi connectivity index (χ4n) is 3.15. The minimum atomic E-state index is -4.64. The highest BCUT2D eigenvalue weighted by molar-refractivity contribution is 7.45. The molecule has 44 heavy (non-hydrogen) atoms. The van der Waals surface area contributed by atoms with Crippen LogP contribution < -0.4 is 4.89 Å². The SMILES string of the molecule is CC/C=C/C=C/C=C/C=C/C=C/CCCC(=O)OC(COC(=O)CC/C=C/C/C=C/CC)COP(=O)([O-])OCC[N+](C)(C)C. The van der Waals surface area contributed by atoms with Crippen LogP contribution in [0.3, 0.4) is 0 Å². The number of likely N-dealkylation sites (N-methyl/N-ethyl adjacent to an activating group) is 1. The van der Waals surface area contributed by atoms with Crippen molar-refractivity contribution in [3.8, 4) is 0 Å². The molecule has 2 atom stereocenters. The van der Waals surface area contributed by atoms with E-state index in [0.717, 1.165) is 19.3 Å². The van der Waals surface area contributed by atoms with Gasteiger partial charge in [0.15, 0.2) is 6.10 Å². The van der Waals surface area contributed by atoms with Gasteiger partial charge >= 0.3 is 11.9 Å². The third-order valence-corrected chi connectivity index (χ3v) is 6.52. The van der Waals surface area contributed by atoms with E-state index >= 15 is 0 Å². The molecule has 0 amide bonds. The standard InChI is InChI=1S/C34H54NO8P/c1-6-8-10-12-14-15-16-17-18-19-21-23-25-27-34(37)43-32(31-42-44(38,39)41-29-28-35(3,4)5)30-40-33(36)26-24-22-20-13-11-9-7-2/h8-12,14-22,32H,6-7,13,23-31H2,1-5H3/b10-8+,11-9+,14-12+,16-15+,18-17+,21-19+,22-20+. The zero-order chi connectivity index (χ0) is 32.9. The van der Waals surface area contributed by atoms with Crippen molar-refractivity contribution in [3.63, 3.8) is 0 Å². The van der Waals surface area contributed by atoms with Gasteiger partial charge in [0.05, 0.1) is 27.7 Å². The third-order valence-electron chi connectivity index (χ3n) is 5.55. The molecule has 0 saturated heterocycles. The van der Waals surface area contributed by atoms with Crippen molar-refractivity contribution in [1.29, 1.82) is 0 Å². The summed E-state index contributed by atoms with van der Waals surface area (Å²) < 4.78 is 33.3. The molecule has 0 aromatic carbocycles. The Morgan fingerprint density at radius 3 is 1.98 bits per heavy atom. The molecule has 0 fully saturated rings. The van der Waals surface area contributed by atoms with Gasteiger partial charge in [-0.15, -0.1) is 0 Å². The van der Waals surface area contributed by atoms with Crippen LogP contribution in [0.25, 0.3) is 0 Å². The first-order valence-corrected chi connectivity index (χ1v) is 16.8. The van der Waals surface area contributed by atoms with Gasteiger partial charge in [-0.3, -0.25) is 14.2 Å². The lowest BCUT2D eigenvalue weighted by atomic mass is 10.2. The highest BCUT2D eigenvalue weighted by Crippen LogP contribution is 2.38. The second kappa shape index (κ2) is 26.6. The van der Waals surface area contributed by atoms with Crippen LogP contribution in [0.5, 0.6) is 0 Å². The number of carbonyl (C=O) groups is 2. The molecule has 2 unspecified atom stereocenters. The Hall–Kier alpha value is -2.81. The lowest BCUT2D eigenvalue weighted by molar-refractivity contribution is -0.870. The van der Waals surface area contributed by atoms with Crippen LogP contribution in [0.1, 0.15) is 65.2 Å². The molecule has 0 heterocycles. The highest BCUT2D eigenvalue weighted by Gasteiger charge is 2.21. The fraction of sp³-hybridized carbons (Fsp3) is 0.529. The summed E-state index contributed by atoms with van der Waals surface area (Å²) in [5.41, 5.74) is 0. The number of phosphoric acid groups is 1. The first-order chi connectivity index (χ1) is 21.0. The number of hydrogen-bond acceptors (Lipinski definition) is 8. The Morgan fingerprint density at radius 2 is 1.34 bits per heavy atom. The quantitative estimate of drug-likeness (QED) is 0.0272. The summed E-state index contributed by atoms with van der Waals surface area (Å²) >= 11 is 0. The van der Waals surface area contributed by atoms with Gasteiger partial charge in [-0.05, 0) is 38.5 Å². The van der Waals surface area contributed by atoms with E-state index in [0.29, 0.717) is 30.3 Å². The van der Waals surface area contributed by atoms with E-state index in [1.54, 1.807) is 0 Å². The molecule has 0 bridgehead atoms. The number of rotatable bonds is 25. The largest absolute Gasteiger partial charge is 0.756 e. The summed E-state index contributed by atoms with van der Waals surface area (Å²) in [4.78, 5) is 36.9. The predicted octanol–water partition coefficient (Wildman–Crippen LogP) is 6.70. The first-order valence-electron chi connectivity index (χ1n) is 15.4. The van der Waals surface area contributed by atoms with E-state index in [-0.39, 0.29) is 26.1 Å². The van der Waals surface area contributed by atoms with Crippen molar-refractivity contribution in [3.05, 3.63) is 85.1 Å². The maximum absolute atomic E-state index is 12.5. The number of ether oxygens (including phenoxy) is 2. The Kier molecular flexibility index (Phi) is 24.9. The summed E-state index contributed by atoms with van der Waals surface area (Å²) in [6.07, 6.45) is 31.1. The molecule has 0 aromatic heterocycles. The van der Waals surface area contributed by atoms with Gasteiger partial charge in [-0.1, -0.05) is 98.9 Å². The lowest BCUT2D eigenvalue weighted by Crippen LogP contribution is -2.37. The Labute approximate surface area is 265 Å². The lowest BCUT2D eigenvalue weighted by Gasteiger charge is -2.28. The minimum absolute atomic E-state index is 0.0574. The molecule has 0 aliphatic rings. The third kappa shape index (κ3) is 29.3. The zero-order valence-electron chi connectivity index (χ0n) is 27.3. The molecule has 0 aliphatic carbocycles. The van der Waals surface area contributed by atoms with Crippen LogP contribution in [-0.2, 0) is 32.7 Å². The van der Waals surface area contributed by atoms with E-state index < -0.39 is 32.5 Å². The Morgan fingerprint density at radius 1 is 0.727 bits per heavy atom.